The van der Waals surface area contributed by atoms with Gasteiger partial charge in [-0.25, -0.2) is 0 Å². The molecule has 2 rings (SSSR count). The average Bonchev–Trinajstić information content (AvgIpc) is 2.70. The number of nitrogen functional groups attached to an aromatic ring is 1. The van der Waals surface area contributed by atoms with Crippen LogP contribution in [0.15, 0.2) is 41.0 Å². The lowest BCUT2D eigenvalue weighted by atomic mass is 10.2. The van der Waals surface area contributed by atoms with Gasteiger partial charge in [-0.15, -0.1) is 0 Å². The zero-order valence-electron chi connectivity index (χ0n) is 8.98. The topological polar surface area (TPSA) is 42.4 Å². The van der Waals surface area contributed by atoms with Crippen molar-refractivity contribution in [2.24, 2.45) is 0 Å². The van der Waals surface area contributed by atoms with Crippen LogP contribution in [0.25, 0.3) is 0 Å². The van der Waals surface area contributed by atoms with Gasteiger partial charge in [0.2, 0.25) is 0 Å². The van der Waals surface area contributed by atoms with Crippen molar-refractivity contribution in [1.29, 1.82) is 0 Å². The Kier molecular flexibility index (Phi) is 3.06. The Morgan fingerprint density at radius 3 is 2.81 bits per heavy atom. The third kappa shape index (κ3) is 2.31. The number of hydrogen-bond acceptors (Lipinski definition) is 3. The van der Waals surface area contributed by atoms with Crippen LogP contribution in [0.3, 0.4) is 0 Å². The number of halogens is 1. The van der Waals surface area contributed by atoms with Crippen molar-refractivity contribution in [3.05, 3.63) is 47.4 Å². The van der Waals surface area contributed by atoms with E-state index in [1.165, 1.54) is 0 Å². The number of nitrogens with zero attached hydrogens (tertiary/aromatic N) is 1. The highest BCUT2D eigenvalue weighted by Crippen LogP contribution is 2.27. The smallest absolute Gasteiger partial charge is 0.123 e. The molecule has 16 heavy (non-hydrogen) atoms. The lowest BCUT2D eigenvalue weighted by Gasteiger charge is -2.19. The van der Waals surface area contributed by atoms with Crippen LogP contribution in [-0.4, -0.2) is 7.05 Å². The Hall–Kier alpha value is -1.61. The number of anilines is 2. The van der Waals surface area contributed by atoms with Crippen molar-refractivity contribution in [2.75, 3.05) is 17.7 Å². The fourth-order valence-corrected chi connectivity index (χ4v) is 1.89. The summed E-state index contributed by atoms with van der Waals surface area (Å²) in [5, 5.41) is 0.647. The van der Waals surface area contributed by atoms with Gasteiger partial charge in [0, 0.05) is 12.7 Å². The Bertz CT molecular complexity index is 468. The van der Waals surface area contributed by atoms with Gasteiger partial charge in [-0.05, 0) is 30.3 Å². The molecule has 0 saturated heterocycles. The van der Waals surface area contributed by atoms with E-state index in [4.69, 9.17) is 21.8 Å². The summed E-state index contributed by atoms with van der Waals surface area (Å²) < 4.78 is 5.28. The van der Waals surface area contributed by atoms with Gasteiger partial charge in [-0.3, -0.25) is 0 Å². The lowest BCUT2D eigenvalue weighted by Crippen LogP contribution is -2.16. The minimum absolute atomic E-state index is 0.647. The zero-order chi connectivity index (χ0) is 11.5. The summed E-state index contributed by atoms with van der Waals surface area (Å²) in [5.74, 6) is 0.899. The second-order valence-electron chi connectivity index (χ2n) is 3.65. The van der Waals surface area contributed by atoms with Crippen molar-refractivity contribution >= 4 is 23.0 Å². The van der Waals surface area contributed by atoms with E-state index in [0.717, 1.165) is 11.4 Å². The molecule has 0 aliphatic heterocycles. The first-order valence-corrected chi connectivity index (χ1v) is 5.33. The van der Waals surface area contributed by atoms with Crippen LogP contribution >= 0.6 is 11.6 Å². The highest BCUT2D eigenvalue weighted by atomic mass is 35.5. The van der Waals surface area contributed by atoms with Crippen molar-refractivity contribution < 1.29 is 4.42 Å². The van der Waals surface area contributed by atoms with Crippen LogP contribution in [-0.2, 0) is 6.54 Å². The quantitative estimate of drug-likeness (QED) is 0.833. The molecule has 0 fully saturated rings. The highest BCUT2D eigenvalue weighted by Gasteiger charge is 2.08. The first-order chi connectivity index (χ1) is 7.66. The van der Waals surface area contributed by atoms with Crippen LogP contribution in [0.5, 0.6) is 0 Å². The van der Waals surface area contributed by atoms with E-state index in [1.807, 2.05) is 36.2 Å². The van der Waals surface area contributed by atoms with Crippen LogP contribution in [0, 0.1) is 0 Å². The van der Waals surface area contributed by atoms with Gasteiger partial charge in [0.15, 0.2) is 0 Å². The third-order valence-electron chi connectivity index (χ3n) is 2.36. The van der Waals surface area contributed by atoms with Crippen LogP contribution in [0.4, 0.5) is 11.4 Å². The van der Waals surface area contributed by atoms with Gasteiger partial charge in [-0.1, -0.05) is 11.6 Å². The van der Waals surface area contributed by atoms with E-state index in [1.54, 1.807) is 12.3 Å². The molecule has 0 atom stereocenters. The Morgan fingerprint density at radius 1 is 1.38 bits per heavy atom. The number of hydrogen-bond donors (Lipinski definition) is 1. The van der Waals surface area contributed by atoms with Gasteiger partial charge < -0.3 is 15.1 Å². The number of rotatable bonds is 3. The molecule has 0 aliphatic carbocycles. The molecule has 3 nitrogen and oxygen atoms in total. The molecule has 0 saturated carbocycles. The van der Waals surface area contributed by atoms with E-state index in [2.05, 4.69) is 0 Å². The lowest BCUT2D eigenvalue weighted by molar-refractivity contribution is 0.507. The van der Waals surface area contributed by atoms with Crippen molar-refractivity contribution in [3.63, 3.8) is 0 Å². The molecule has 1 heterocycles. The standard InChI is InChI=1S/C12H13ClN2O/c1-15(8-10-3-2-6-16-10)12-5-4-9(14)7-11(12)13/h2-7H,8,14H2,1H3. The molecule has 0 amide bonds. The third-order valence-corrected chi connectivity index (χ3v) is 2.66. The van der Waals surface area contributed by atoms with E-state index in [0.29, 0.717) is 17.3 Å². The molecule has 0 bridgehead atoms. The second-order valence-corrected chi connectivity index (χ2v) is 4.05. The summed E-state index contributed by atoms with van der Waals surface area (Å²) in [7, 11) is 1.96. The van der Waals surface area contributed by atoms with Gasteiger partial charge in [-0.2, -0.15) is 0 Å². The molecular weight excluding hydrogens is 224 g/mol. The number of benzene rings is 1. The van der Waals surface area contributed by atoms with Crippen LogP contribution in [0.1, 0.15) is 5.76 Å². The maximum atomic E-state index is 6.11. The molecule has 84 valence electrons. The zero-order valence-corrected chi connectivity index (χ0v) is 9.74. The molecule has 2 aromatic rings. The normalized spacial score (nSPS) is 10.4. The molecule has 0 unspecified atom stereocenters. The largest absolute Gasteiger partial charge is 0.467 e. The minimum atomic E-state index is 0.647. The summed E-state index contributed by atoms with van der Waals surface area (Å²) in [4.78, 5) is 2.01. The minimum Gasteiger partial charge on any atom is -0.467 e. The molecule has 0 spiro atoms. The van der Waals surface area contributed by atoms with E-state index >= 15 is 0 Å². The molecule has 2 N–H and O–H groups in total. The maximum absolute atomic E-state index is 6.11. The molecule has 0 radical (unpaired) electrons. The van der Waals surface area contributed by atoms with Gasteiger partial charge in [0.1, 0.15) is 5.76 Å². The van der Waals surface area contributed by atoms with Crippen molar-refractivity contribution in [1.82, 2.24) is 0 Å². The maximum Gasteiger partial charge on any atom is 0.123 e. The summed E-state index contributed by atoms with van der Waals surface area (Å²) >= 11 is 6.11. The Morgan fingerprint density at radius 2 is 2.19 bits per heavy atom. The Labute approximate surface area is 99.4 Å². The summed E-state index contributed by atoms with van der Waals surface area (Å²) in [5.41, 5.74) is 7.25. The van der Waals surface area contributed by atoms with Crippen LogP contribution in [0.2, 0.25) is 5.02 Å². The van der Waals surface area contributed by atoms with Gasteiger partial charge >= 0.3 is 0 Å². The molecule has 4 heteroatoms. The SMILES string of the molecule is CN(Cc1ccco1)c1ccc(N)cc1Cl. The monoisotopic (exact) mass is 236 g/mol. The van der Waals surface area contributed by atoms with Gasteiger partial charge in [0.05, 0.1) is 23.5 Å². The fourth-order valence-electron chi connectivity index (χ4n) is 1.55. The summed E-state index contributed by atoms with van der Waals surface area (Å²) in [6.07, 6.45) is 1.66. The highest BCUT2D eigenvalue weighted by molar-refractivity contribution is 6.33. The Balaban J connectivity index is 2.17. The van der Waals surface area contributed by atoms with Crippen molar-refractivity contribution in [3.8, 4) is 0 Å². The average molecular weight is 237 g/mol. The first kappa shape index (κ1) is 10.9. The van der Waals surface area contributed by atoms with E-state index < -0.39 is 0 Å². The molecular formula is C12H13ClN2O. The van der Waals surface area contributed by atoms with Gasteiger partial charge in [0.25, 0.3) is 0 Å². The molecule has 1 aromatic heterocycles. The predicted molar refractivity (Wildman–Crippen MR) is 66.7 cm³/mol. The predicted octanol–water partition coefficient (Wildman–Crippen LogP) is 3.15. The van der Waals surface area contributed by atoms with E-state index in [-0.39, 0.29) is 0 Å². The van der Waals surface area contributed by atoms with Crippen LogP contribution < -0.4 is 10.6 Å². The number of furan rings is 1. The van der Waals surface area contributed by atoms with E-state index in [9.17, 15) is 0 Å². The molecule has 0 aliphatic rings. The fraction of sp³-hybridized carbons (Fsp3) is 0.167. The molecule has 1 aromatic carbocycles. The first-order valence-electron chi connectivity index (χ1n) is 4.95. The van der Waals surface area contributed by atoms with Crippen molar-refractivity contribution in [2.45, 2.75) is 6.54 Å². The summed E-state index contributed by atoms with van der Waals surface area (Å²) in [6, 6.07) is 9.28. The summed E-state index contributed by atoms with van der Waals surface area (Å²) in [6.45, 7) is 0.677. The second kappa shape index (κ2) is 4.49. The number of nitrogens with two attached hydrogens (primary N) is 1.